The molecule has 2 aromatic rings. The zero-order valence-corrected chi connectivity index (χ0v) is 16.0. The Hall–Kier alpha value is -3.35. The number of unbranched alkanes of at least 4 members (excludes halogenated alkanes) is 2. The van der Waals surface area contributed by atoms with Crippen molar-refractivity contribution in [2.24, 2.45) is 0 Å². The van der Waals surface area contributed by atoms with Gasteiger partial charge in [0.1, 0.15) is 0 Å². The molecule has 0 bridgehead atoms. The van der Waals surface area contributed by atoms with E-state index in [1.54, 1.807) is 25.3 Å². The minimum Gasteiger partial charge on any atom is -0.493 e. The van der Waals surface area contributed by atoms with E-state index in [-0.39, 0.29) is 11.6 Å². The molecule has 2 aromatic carbocycles. The summed E-state index contributed by atoms with van der Waals surface area (Å²) in [4.78, 5) is 22.3. The number of non-ortho nitro benzene ring substituents is 1. The SMILES string of the molecule is CCCCCOc1ccc(C=CC(=O)Nc2cccc([N+](=O)[O-])c2)cc1OC. The van der Waals surface area contributed by atoms with Gasteiger partial charge in [-0.25, -0.2) is 0 Å². The maximum Gasteiger partial charge on any atom is 0.271 e. The number of hydrogen-bond acceptors (Lipinski definition) is 5. The molecule has 0 unspecified atom stereocenters. The molecule has 28 heavy (non-hydrogen) atoms. The molecule has 7 heteroatoms. The summed E-state index contributed by atoms with van der Waals surface area (Å²) in [7, 11) is 1.57. The van der Waals surface area contributed by atoms with Gasteiger partial charge >= 0.3 is 0 Å². The van der Waals surface area contributed by atoms with E-state index in [1.807, 2.05) is 12.1 Å². The Balaban J connectivity index is 1.99. The second-order valence-corrected chi connectivity index (χ2v) is 6.10. The smallest absolute Gasteiger partial charge is 0.271 e. The van der Waals surface area contributed by atoms with Crippen molar-refractivity contribution in [1.29, 1.82) is 0 Å². The maximum absolute atomic E-state index is 12.1. The van der Waals surface area contributed by atoms with Gasteiger partial charge in [-0.05, 0) is 36.3 Å². The number of carbonyl (C=O) groups is 1. The summed E-state index contributed by atoms with van der Waals surface area (Å²) in [6, 6.07) is 11.2. The molecular weight excluding hydrogens is 360 g/mol. The quantitative estimate of drug-likeness (QED) is 0.274. The Morgan fingerprint density at radius 3 is 2.71 bits per heavy atom. The number of hydrogen-bond donors (Lipinski definition) is 1. The molecule has 0 aliphatic carbocycles. The molecule has 7 nitrogen and oxygen atoms in total. The summed E-state index contributed by atoms with van der Waals surface area (Å²) < 4.78 is 11.1. The molecule has 0 spiro atoms. The van der Waals surface area contributed by atoms with E-state index in [9.17, 15) is 14.9 Å². The van der Waals surface area contributed by atoms with Crippen LogP contribution in [0, 0.1) is 10.1 Å². The van der Waals surface area contributed by atoms with Gasteiger partial charge in [0, 0.05) is 23.9 Å². The van der Waals surface area contributed by atoms with Gasteiger partial charge in [-0.2, -0.15) is 0 Å². The molecule has 1 N–H and O–H groups in total. The van der Waals surface area contributed by atoms with E-state index in [0.717, 1.165) is 24.8 Å². The molecule has 2 rings (SSSR count). The van der Waals surface area contributed by atoms with Gasteiger partial charge in [0.25, 0.3) is 5.69 Å². The Morgan fingerprint density at radius 1 is 1.18 bits per heavy atom. The summed E-state index contributed by atoms with van der Waals surface area (Å²) in [6.45, 7) is 2.77. The Bertz CT molecular complexity index is 848. The zero-order valence-electron chi connectivity index (χ0n) is 16.0. The van der Waals surface area contributed by atoms with Crippen LogP contribution in [-0.4, -0.2) is 24.5 Å². The van der Waals surface area contributed by atoms with Crippen LogP contribution in [-0.2, 0) is 4.79 Å². The van der Waals surface area contributed by atoms with E-state index in [4.69, 9.17) is 9.47 Å². The third kappa shape index (κ3) is 6.42. The third-order valence-electron chi connectivity index (χ3n) is 3.94. The summed E-state index contributed by atoms with van der Waals surface area (Å²) in [5.74, 6) is 0.869. The van der Waals surface area contributed by atoms with Crippen molar-refractivity contribution in [1.82, 2.24) is 0 Å². The molecule has 148 valence electrons. The van der Waals surface area contributed by atoms with Crippen molar-refractivity contribution >= 4 is 23.4 Å². The van der Waals surface area contributed by atoms with Gasteiger partial charge in [0.15, 0.2) is 11.5 Å². The van der Waals surface area contributed by atoms with Gasteiger partial charge in [-0.15, -0.1) is 0 Å². The number of amides is 1. The second kappa shape index (κ2) is 10.7. The highest BCUT2D eigenvalue weighted by Gasteiger charge is 2.07. The number of nitro benzene ring substituents is 1. The molecular formula is C21H24N2O5. The Morgan fingerprint density at radius 2 is 2.00 bits per heavy atom. The fourth-order valence-corrected chi connectivity index (χ4v) is 2.49. The van der Waals surface area contributed by atoms with Crippen molar-refractivity contribution < 1.29 is 19.2 Å². The van der Waals surface area contributed by atoms with Crippen molar-refractivity contribution in [3.63, 3.8) is 0 Å². The van der Waals surface area contributed by atoms with E-state index in [2.05, 4.69) is 12.2 Å². The van der Waals surface area contributed by atoms with E-state index in [0.29, 0.717) is 23.8 Å². The van der Waals surface area contributed by atoms with Crippen LogP contribution in [0.15, 0.2) is 48.5 Å². The van der Waals surface area contributed by atoms with Crippen molar-refractivity contribution in [3.8, 4) is 11.5 Å². The van der Waals surface area contributed by atoms with E-state index < -0.39 is 4.92 Å². The number of benzene rings is 2. The average molecular weight is 384 g/mol. The van der Waals surface area contributed by atoms with Gasteiger partial charge in [-0.1, -0.05) is 31.9 Å². The highest BCUT2D eigenvalue weighted by Crippen LogP contribution is 2.28. The minimum atomic E-state index is -0.510. The molecule has 0 fully saturated rings. The molecule has 0 aliphatic heterocycles. The lowest BCUT2D eigenvalue weighted by atomic mass is 10.2. The molecule has 0 radical (unpaired) electrons. The van der Waals surface area contributed by atoms with Gasteiger partial charge in [-0.3, -0.25) is 14.9 Å². The lowest BCUT2D eigenvalue weighted by Crippen LogP contribution is -2.07. The van der Waals surface area contributed by atoms with Crippen molar-refractivity contribution in [3.05, 3.63) is 64.2 Å². The van der Waals surface area contributed by atoms with Crippen LogP contribution < -0.4 is 14.8 Å². The lowest BCUT2D eigenvalue weighted by Gasteiger charge is -2.11. The summed E-state index contributed by atoms with van der Waals surface area (Å²) in [5, 5.41) is 13.4. The Labute approximate surface area is 164 Å². The number of rotatable bonds is 10. The van der Waals surface area contributed by atoms with Crippen LogP contribution in [0.4, 0.5) is 11.4 Å². The van der Waals surface area contributed by atoms with Gasteiger partial charge in [0.2, 0.25) is 5.91 Å². The number of ether oxygens (including phenoxy) is 2. The first-order valence-corrected chi connectivity index (χ1v) is 9.08. The van der Waals surface area contributed by atoms with Crippen molar-refractivity contribution in [2.45, 2.75) is 26.2 Å². The van der Waals surface area contributed by atoms with E-state index in [1.165, 1.54) is 24.3 Å². The zero-order chi connectivity index (χ0) is 20.4. The average Bonchev–Trinajstić information content (AvgIpc) is 2.70. The lowest BCUT2D eigenvalue weighted by molar-refractivity contribution is -0.384. The van der Waals surface area contributed by atoms with Crippen LogP contribution in [0.25, 0.3) is 6.08 Å². The Kier molecular flexibility index (Phi) is 8.02. The standard InChI is InChI=1S/C21H24N2O5/c1-3-4-5-13-28-19-11-9-16(14-20(19)27-2)10-12-21(24)22-17-7-6-8-18(15-17)23(25)26/h6-12,14-15H,3-5,13H2,1-2H3,(H,22,24). The number of carbonyl (C=O) groups excluding carboxylic acids is 1. The largest absolute Gasteiger partial charge is 0.493 e. The van der Waals surface area contributed by atoms with Crippen LogP contribution >= 0.6 is 0 Å². The predicted octanol–water partition coefficient (Wildman–Crippen LogP) is 4.82. The maximum atomic E-state index is 12.1. The number of nitrogens with zero attached hydrogens (tertiary/aromatic N) is 1. The monoisotopic (exact) mass is 384 g/mol. The van der Waals surface area contributed by atoms with Crippen LogP contribution in [0.3, 0.4) is 0 Å². The molecule has 0 saturated carbocycles. The fourth-order valence-electron chi connectivity index (χ4n) is 2.49. The molecule has 0 atom stereocenters. The van der Waals surface area contributed by atoms with Crippen molar-refractivity contribution in [2.75, 3.05) is 19.0 Å². The number of nitro groups is 1. The first-order valence-electron chi connectivity index (χ1n) is 9.08. The first kappa shape index (κ1) is 21.0. The summed E-state index contributed by atoms with van der Waals surface area (Å²) >= 11 is 0. The number of anilines is 1. The highest BCUT2D eigenvalue weighted by atomic mass is 16.6. The normalized spacial score (nSPS) is 10.6. The molecule has 0 aliphatic rings. The number of methoxy groups -OCH3 is 1. The summed E-state index contributed by atoms with van der Waals surface area (Å²) in [6.07, 6.45) is 6.22. The summed E-state index contributed by atoms with van der Waals surface area (Å²) in [5.41, 5.74) is 1.05. The molecule has 0 saturated heterocycles. The van der Waals surface area contributed by atoms with Crippen LogP contribution in [0.2, 0.25) is 0 Å². The van der Waals surface area contributed by atoms with E-state index >= 15 is 0 Å². The topological polar surface area (TPSA) is 90.7 Å². The van der Waals surface area contributed by atoms with Crippen LogP contribution in [0.1, 0.15) is 31.7 Å². The first-order chi connectivity index (χ1) is 13.5. The van der Waals surface area contributed by atoms with Crippen LogP contribution in [0.5, 0.6) is 11.5 Å². The third-order valence-corrected chi connectivity index (χ3v) is 3.94. The highest BCUT2D eigenvalue weighted by molar-refractivity contribution is 6.02. The molecule has 1 amide bonds. The molecule has 0 aromatic heterocycles. The number of nitrogens with one attached hydrogen (secondary N) is 1. The predicted molar refractivity (Wildman–Crippen MR) is 109 cm³/mol. The van der Waals surface area contributed by atoms with Gasteiger partial charge < -0.3 is 14.8 Å². The molecule has 0 heterocycles. The fraction of sp³-hybridized carbons (Fsp3) is 0.286. The minimum absolute atomic E-state index is 0.0824. The van der Waals surface area contributed by atoms with Gasteiger partial charge in [0.05, 0.1) is 18.6 Å². The second-order valence-electron chi connectivity index (χ2n) is 6.10.